The summed E-state index contributed by atoms with van der Waals surface area (Å²) in [7, 11) is 0. The van der Waals surface area contributed by atoms with Crippen molar-refractivity contribution in [2.75, 3.05) is 6.54 Å². The normalized spacial score (nSPS) is 18.1. The minimum atomic E-state index is -0.0217. The monoisotopic (exact) mass is 217 g/mol. The molecule has 1 aromatic carbocycles. The molecule has 1 aliphatic rings. The number of rotatable bonds is 4. The minimum absolute atomic E-state index is 0.0217. The third kappa shape index (κ3) is 2.86. The molecule has 0 saturated heterocycles. The molecule has 0 saturated carbocycles. The van der Waals surface area contributed by atoms with Gasteiger partial charge in [-0.2, -0.15) is 0 Å². The molecule has 0 radical (unpaired) electrons. The average Bonchev–Trinajstić information content (AvgIpc) is 2.83. The fraction of sp³-hybridized carbons (Fsp3) is 0.308. The zero-order chi connectivity index (χ0) is 11.2. The van der Waals surface area contributed by atoms with E-state index in [1.165, 1.54) is 0 Å². The number of amides is 1. The molecule has 3 nitrogen and oxygen atoms in total. The average molecular weight is 217 g/mol. The van der Waals surface area contributed by atoms with Crippen LogP contribution in [0.5, 0.6) is 0 Å². The third-order valence-electron chi connectivity index (χ3n) is 2.55. The van der Waals surface area contributed by atoms with Crippen LogP contribution in [-0.4, -0.2) is 18.6 Å². The number of carbonyl (C=O) groups is 1. The highest BCUT2D eigenvalue weighted by atomic mass is 16.5. The Morgan fingerprint density at radius 2 is 2.19 bits per heavy atom. The summed E-state index contributed by atoms with van der Waals surface area (Å²) in [6.07, 6.45) is 5.76. The van der Waals surface area contributed by atoms with Crippen molar-refractivity contribution in [3.05, 3.63) is 48.2 Å². The van der Waals surface area contributed by atoms with Crippen LogP contribution in [0, 0.1) is 0 Å². The smallest absolute Gasteiger partial charge is 0.251 e. The van der Waals surface area contributed by atoms with Gasteiger partial charge in [0.15, 0.2) is 0 Å². The molecule has 1 aliphatic heterocycles. The first-order valence-corrected chi connectivity index (χ1v) is 5.50. The van der Waals surface area contributed by atoms with Gasteiger partial charge < -0.3 is 10.1 Å². The largest absolute Gasteiger partial charge is 0.498 e. The van der Waals surface area contributed by atoms with Gasteiger partial charge in [-0.3, -0.25) is 4.79 Å². The molecule has 3 heteroatoms. The molecular weight excluding hydrogens is 202 g/mol. The molecule has 0 aromatic heterocycles. The van der Waals surface area contributed by atoms with E-state index in [9.17, 15) is 4.79 Å². The maximum Gasteiger partial charge on any atom is 0.251 e. The lowest BCUT2D eigenvalue weighted by atomic mass is 10.2. The molecule has 1 atom stereocenters. The molecule has 0 spiro atoms. The summed E-state index contributed by atoms with van der Waals surface area (Å²) < 4.78 is 5.31. The van der Waals surface area contributed by atoms with E-state index in [2.05, 4.69) is 5.32 Å². The zero-order valence-electron chi connectivity index (χ0n) is 9.06. The number of carbonyl (C=O) groups excluding carboxylic acids is 1. The highest BCUT2D eigenvalue weighted by Crippen LogP contribution is 2.11. The highest BCUT2D eigenvalue weighted by Gasteiger charge is 2.11. The SMILES string of the molecule is O=C(NCCC1CC=CO1)c1ccccc1. The topological polar surface area (TPSA) is 38.3 Å². The molecule has 84 valence electrons. The minimum Gasteiger partial charge on any atom is -0.498 e. The molecule has 1 amide bonds. The van der Waals surface area contributed by atoms with Gasteiger partial charge in [-0.25, -0.2) is 0 Å². The fourth-order valence-electron chi connectivity index (χ4n) is 1.65. The second-order valence-corrected chi connectivity index (χ2v) is 3.78. The van der Waals surface area contributed by atoms with Crippen LogP contribution < -0.4 is 5.32 Å². The van der Waals surface area contributed by atoms with E-state index in [4.69, 9.17) is 4.74 Å². The third-order valence-corrected chi connectivity index (χ3v) is 2.55. The molecule has 2 rings (SSSR count). The number of hydrogen-bond donors (Lipinski definition) is 1. The molecular formula is C13H15NO2. The predicted octanol–water partition coefficient (Wildman–Crippen LogP) is 2.11. The molecule has 1 N–H and O–H groups in total. The number of ether oxygens (including phenoxy) is 1. The van der Waals surface area contributed by atoms with Crippen LogP contribution >= 0.6 is 0 Å². The van der Waals surface area contributed by atoms with Gasteiger partial charge in [0.2, 0.25) is 0 Å². The van der Waals surface area contributed by atoms with E-state index >= 15 is 0 Å². The summed E-state index contributed by atoms with van der Waals surface area (Å²) >= 11 is 0. The Balaban J connectivity index is 1.72. The summed E-state index contributed by atoms with van der Waals surface area (Å²) in [6, 6.07) is 9.23. The van der Waals surface area contributed by atoms with Gasteiger partial charge in [-0.05, 0) is 18.2 Å². The van der Waals surface area contributed by atoms with Gasteiger partial charge in [-0.15, -0.1) is 0 Å². The predicted molar refractivity (Wildman–Crippen MR) is 62.0 cm³/mol. The summed E-state index contributed by atoms with van der Waals surface area (Å²) in [4.78, 5) is 11.7. The van der Waals surface area contributed by atoms with Crippen LogP contribution in [0.4, 0.5) is 0 Å². The molecule has 0 fully saturated rings. The van der Waals surface area contributed by atoms with Gasteiger partial charge >= 0.3 is 0 Å². The van der Waals surface area contributed by atoms with E-state index in [1.54, 1.807) is 6.26 Å². The van der Waals surface area contributed by atoms with Crippen molar-refractivity contribution in [1.82, 2.24) is 5.32 Å². The quantitative estimate of drug-likeness (QED) is 0.838. The number of nitrogens with one attached hydrogen (secondary N) is 1. The lowest BCUT2D eigenvalue weighted by Gasteiger charge is -2.10. The van der Waals surface area contributed by atoms with Gasteiger partial charge in [0.25, 0.3) is 5.91 Å². The van der Waals surface area contributed by atoms with Gasteiger partial charge in [0, 0.05) is 24.9 Å². The summed E-state index contributed by atoms with van der Waals surface area (Å²) in [5.41, 5.74) is 0.702. The van der Waals surface area contributed by atoms with Crippen LogP contribution in [0.2, 0.25) is 0 Å². The van der Waals surface area contributed by atoms with Gasteiger partial charge in [0.1, 0.15) is 6.10 Å². The standard InChI is InChI=1S/C13H15NO2/c15-13(11-5-2-1-3-6-11)14-9-8-12-7-4-10-16-12/h1-6,10,12H,7-9H2,(H,14,15). The Morgan fingerprint density at radius 1 is 1.38 bits per heavy atom. The van der Waals surface area contributed by atoms with Crippen molar-refractivity contribution in [3.63, 3.8) is 0 Å². The maximum atomic E-state index is 11.7. The van der Waals surface area contributed by atoms with Crippen LogP contribution in [0.3, 0.4) is 0 Å². The van der Waals surface area contributed by atoms with Crippen molar-refractivity contribution in [3.8, 4) is 0 Å². The van der Waals surface area contributed by atoms with Crippen molar-refractivity contribution in [2.45, 2.75) is 18.9 Å². The highest BCUT2D eigenvalue weighted by molar-refractivity contribution is 5.94. The van der Waals surface area contributed by atoms with Gasteiger partial charge in [0.05, 0.1) is 6.26 Å². The number of benzene rings is 1. The van der Waals surface area contributed by atoms with Crippen LogP contribution in [-0.2, 0) is 4.74 Å². The molecule has 16 heavy (non-hydrogen) atoms. The van der Waals surface area contributed by atoms with Crippen LogP contribution in [0.1, 0.15) is 23.2 Å². The fourth-order valence-corrected chi connectivity index (χ4v) is 1.65. The van der Waals surface area contributed by atoms with Gasteiger partial charge in [-0.1, -0.05) is 18.2 Å². The molecule has 1 aromatic rings. The zero-order valence-corrected chi connectivity index (χ0v) is 9.06. The van der Waals surface area contributed by atoms with E-state index in [0.717, 1.165) is 12.8 Å². The Bertz CT molecular complexity index is 365. The van der Waals surface area contributed by atoms with E-state index < -0.39 is 0 Å². The molecule has 0 aliphatic carbocycles. The van der Waals surface area contributed by atoms with Crippen molar-refractivity contribution in [2.24, 2.45) is 0 Å². The first-order valence-electron chi connectivity index (χ1n) is 5.50. The van der Waals surface area contributed by atoms with Crippen molar-refractivity contribution < 1.29 is 9.53 Å². The first-order chi connectivity index (χ1) is 7.86. The Morgan fingerprint density at radius 3 is 2.88 bits per heavy atom. The Hall–Kier alpha value is -1.77. The second-order valence-electron chi connectivity index (χ2n) is 3.78. The van der Waals surface area contributed by atoms with Crippen molar-refractivity contribution >= 4 is 5.91 Å². The van der Waals surface area contributed by atoms with Crippen LogP contribution in [0.25, 0.3) is 0 Å². The molecule has 0 bridgehead atoms. The number of hydrogen-bond acceptors (Lipinski definition) is 2. The van der Waals surface area contributed by atoms with Crippen LogP contribution in [0.15, 0.2) is 42.7 Å². The molecule has 1 heterocycles. The van der Waals surface area contributed by atoms with Crippen molar-refractivity contribution in [1.29, 1.82) is 0 Å². The second kappa shape index (κ2) is 5.35. The maximum absolute atomic E-state index is 11.7. The lowest BCUT2D eigenvalue weighted by Crippen LogP contribution is -2.26. The summed E-state index contributed by atoms with van der Waals surface area (Å²) in [5.74, 6) is -0.0217. The summed E-state index contributed by atoms with van der Waals surface area (Å²) in [6.45, 7) is 0.653. The molecule has 1 unspecified atom stereocenters. The van der Waals surface area contributed by atoms with E-state index in [-0.39, 0.29) is 12.0 Å². The first kappa shape index (κ1) is 10.7. The van der Waals surface area contributed by atoms with E-state index in [0.29, 0.717) is 12.1 Å². The Labute approximate surface area is 95.1 Å². The summed E-state index contributed by atoms with van der Waals surface area (Å²) in [5, 5.41) is 2.88. The van der Waals surface area contributed by atoms with E-state index in [1.807, 2.05) is 36.4 Å². The Kier molecular flexibility index (Phi) is 3.59. The lowest BCUT2D eigenvalue weighted by molar-refractivity contribution is 0.0942.